The van der Waals surface area contributed by atoms with Gasteiger partial charge in [-0.1, -0.05) is 48.0 Å². The maximum Gasteiger partial charge on any atom is 0.204 e. The summed E-state index contributed by atoms with van der Waals surface area (Å²) in [5.74, 6) is 0.817. The largest absolute Gasteiger partial charge is 0.369 e. The molecule has 1 saturated heterocycles. The van der Waals surface area contributed by atoms with Crippen LogP contribution in [0.5, 0.6) is 0 Å². The van der Waals surface area contributed by atoms with Crippen molar-refractivity contribution in [2.75, 3.05) is 31.1 Å². The van der Waals surface area contributed by atoms with Crippen molar-refractivity contribution in [2.45, 2.75) is 6.67 Å². The van der Waals surface area contributed by atoms with Gasteiger partial charge in [-0.05, 0) is 54.7 Å². The summed E-state index contributed by atoms with van der Waals surface area (Å²) >= 11 is 12.2. The van der Waals surface area contributed by atoms with Crippen LogP contribution in [0.25, 0.3) is 28.0 Å². The molecule has 8 heteroatoms. The smallest absolute Gasteiger partial charge is 0.204 e. The van der Waals surface area contributed by atoms with E-state index in [1.165, 1.54) is 5.69 Å². The normalized spacial score (nSPS) is 14.6. The van der Waals surface area contributed by atoms with Gasteiger partial charge in [0.15, 0.2) is 5.82 Å². The highest BCUT2D eigenvalue weighted by molar-refractivity contribution is 7.71. The second-order valence-electron chi connectivity index (χ2n) is 8.75. The van der Waals surface area contributed by atoms with Gasteiger partial charge in [-0.3, -0.25) is 9.47 Å². The van der Waals surface area contributed by atoms with Crippen LogP contribution in [0.3, 0.4) is 0 Å². The van der Waals surface area contributed by atoms with Crippen molar-refractivity contribution in [1.29, 1.82) is 0 Å². The Morgan fingerprint density at radius 1 is 0.829 bits per heavy atom. The van der Waals surface area contributed by atoms with E-state index in [0.717, 1.165) is 54.2 Å². The number of aromatic amines is 1. The van der Waals surface area contributed by atoms with Crippen LogP contribution in [0.1, 0.15) is 0 Å². The van der Waals surface area contributed by atoms with Gasteiger partial charge in [0.25, 0.3) is 0 Å². The van der Waals surface area contributed by atoms with E-state index in [4.69, 9.17) is 28.9 Å². The molecule has 0 atom stereocenters. The number of benzene rings is 3. The van der Waals surface area contributed by atoms with E-state index in [-0.39, 0.29) is 0 Å². The first-order valence-corrected chi connectivity index (χ1v) is 12.5. The minimum Gasteiger partial charge on any atom is -0.369 e. The van der Waals surface area contributed by atoms with E-state index in [2.05, 4.69) is 57.2 Å². The van der Waals surface area contributed by atoms with Gasteiger partial charge in [0.05, 0.1) is 12.4 Å². The third-order valence-electron chi connectivity index (χ3n) is 6.58. The van der Waals surface area contributed by atoms with Crippen LogP contribution in [0.2, 0.25) is 5.02 Å². The maximum atomic E-state index is 6.17. The van der Waals surface area contributed by atoms with Gasteiger partial charge in [-0.25, -0.2) is 4.68 Å². The van der Waals surface area contributed by atoms with E-state index in [1.807, 2.05) is 51.8 Å². The lowest BCUT2D eigenvalue weighted by molar-refractivity contribution is 0.194. The molecule has 0 unspecified atom stereocenters. The number of hydrogen-bond acceptors (Lipinski definition) is 4. The van der Waals surface area contributed by atoms with Crippen molar-refractivity contribution >= 4 is 40.4 Å². The number of hydrogen-bond donors (Lipinski definition) is 1. The summed E-state index contributed by atoms with van der Waals surface area (Å²) in [6.45, 7) is 4.51. The lowest BCUT2D eigenvalue weighted by Gasteiger charge is -2.35. The van der Waals surface area contributed by atoms with Gasteiger partial charge in [0, 0.05) is 59.6 Å². The van der Waals surface area contributed by atoms with Crippen LogP contribution in [0, 0.1) is 4.77 Å². The predicted octanol–water partition coefficient (Wildman–Crippen LogP) is 5.98. The van der Waals surface area contributed by atoms with Crippen molar-refractivity contribution in [3.05, 3.63) is 94.9 Å². The summed E-state index contributed by atoms with van der Waals surface area (Å²) in [6, 6.07) is 26.6. The zero-order valence-electron chi connectivity index (χ0n) is 19.1. The monoisotopic (exact) mass is 500 g/mol. The second kappa shape index (κ2) is 9.34. The molecule has 1 aliphatic heterocycles. The molecule has 0 amide bonds. The number of piperazine rings is 1. The van der Waals surface area contributed by atoms with Crippen LogP contribution in [-0.2, 0) is 6.67 Å². The number of fused-ring (bicyclic) bond motifs is 1. The lowest BCUT2D eigenvalue weighted by atomic mass is 10.1. The van der Waals surface area contributed by atoms with E-state index in [9.17, 15) is 0 Å². The first-order chi connectivity index (χ1) is 17.2. The Bertz CT molecular complexity index is 1510. The number of H-pyrrole nitrogens is 1. The molecule has 2 aromatic heterocycles. The summed E-state index contributed by atoms with van der Waals surface area (Å²) < 4.78 is 4.65. The highest BCUT2D eigenvalue weighted by atomic mass is 35.5. The summed E-state index contributed by atoms with van der Waals surface area (Å²) in [6.07, 6.45) is 2.01. The lowest BCUT2D eigenvalue weighted by Crippen LogP contribution is -2.47. The topological polar surface area (TPSA) is 45.0 Å². The third-order valence-corrected chi connectivity index (χ3v) is 7.23. The van der Waals surface area contributed by atoms with Crippen molar-refractivity contribution in [3.8, 4) is 17.1 Å². The van der Waals surface area contributed by atoms with Gasteiger partial charge >= 0.3 is 0 Å². The Morgan fingerprint density at radius 3 is 2.31 bits per heavy atom. The molecule has 35 heavy (non-hydrogen) atoms. The van der Waals surface area contributed by atoms with Crippen molar-refractivity contribution in [1.82, 2.24) is 24.2 Å². The Hall–Kier alpha value is -3.39. The molecular weight excluding hydrogens is 476 g/mol. The second-order valence-corrected chi connectivity index (χ2v) is 9.55. The van der Waals surface area contributed by atoms with Gasteiger partial charge in [-0.2, -0.15) is 0 Å². The number of anilines is 1. The number of nitrogens with one attached hydrogen (secondary N) is 1. The number of aromatic nitrogens is 4. The molecule has 1 fully saturated rings. The Kier molecular flexibility index (Phi) is 5.90. The van der Waals surface area contributed by atoms with Crippen molar-refractivity contribution in [3.63, 3.8) is 0 Å². The standard InChI is InChI=1S/C27H25ClN6S/c28-20-10-12-22(13-11-20)34-26(24-18-29-25-9-5-4-8-23(24)25)30-33(27(34)35)19-31-14-16-32(17-15-31)21-6-2-1-3-7-21/h1-13,18,29H,14-17,19H2. The summed E-state index contributed by atoms with van der Waals surface area (Å²) in [7, 11) is 0. The van der Waals surface area contributed by atoms with Crippen LogP contribution < -0.4 is 4.90 Å². The number of para-hydroxylation sites is 2. The Labute approximate surface area is 214 Å². The predicted molar refractivity (Wildman–Crippen MR) is 145 cm³/mol. The molecule has 0 radical (unpaired) electrons. The number of rotatable bonds is 5. The Balaban J connectivity index is 1.34. The quantitative estimate of drug-likeness (QED) is 0.301. The van der Waals surface area contributed by atoms with Crippen molar-refractivity contribution < 1.29 is 0 Å². The van der Waals surface area contributed by atoms with E-state index >= 15 is 0 Å². The van der Waals surface area contributed by atoms with Gasteiger partial charge in [-0.15, -0.1) is 5.10 Å². The molecule has 3 aromatic carbocycles. The van der Waals surface area contributed by atoms with Crippen molar-refractivity contribution in [2.24, 2.45) is 0 Å². The average molecular weight is 501 g/mol. The summed E-state index contributed by atoms with van der Waals surface area (Å²) in [5.41, 5.74) is 4.31. The fraction of sp³-hybridized carbons (Fsp3) is 0.185. The van der Waals surface area contributed by atoms with E-state index in [1.54, 1.807) is 0 Å². The molecule has 1 aliphatic rings. The molecular formula is C27H25ClN6S. The zero-order valence-corrected chi connectivity index (χ0v) is 20.7. The summed E-state index contributed by atoms with van der Waals surface area (Å²) in [5, 5.41) is 6.85. The van der Waals surface area contributed by atoms with Crippen LogP contribution in [0.4, 0.5) is 5.69 Å². The highest BCUT2D eigenvalue weighted by Crippen LogP contribution is 2.30. The molecule has 0 aliphatic carbocycles. The molecule has 6 nitrogen and oxygen atoms in total. The first-order valence-electron chi connectivity index (χ1n) is 11.7. The maximum absolute atomic E-state index is 6.17. The van der Waals surface area contributed by atoms with E-state index < -0.39 is 0 Å². The molecule has 0 bridgehead atoms. The molecule has 0 saturated carbocycles. The van der Waals surface area contributed by atoms with Gasteiger partial charge in [0.2, 0.25) is 4.77 Å². The SMILES string of the molecule is S=c1n(CN2CCN(c3ccccc3)CC2)nc(-c2c[nH]c3ccccc23)n1-c1ccc(Cl)cc1. The van der Waals surface area contributed by atoms with Gasteiger partial charge in [0.1, 0.15) is 0 Å². The van der Waals surface area contributed by atoms with Gasteiger partial charge < -0.3 is 9.88 Å². The first kappa shape index (κ1) is 22.1. The van der Waals surface area contributed by atoms with E-state index in [0.29, 0.717) is 16.5 Å². The minimum absolute atomic E-state index is 0.650. The molecule has 176 valence electrons. The third kappa shape index (κ3) is 4.27. The van der Waals surface area contributed by atoms with Crippen LogP contribution in [0.15, 0.2) is 85.1 Å². The Morgan fingerprint density at radius 2 is 1.54 bits per heavy atom. The highest BCUT2D eigenvalue weighted by Gasteiger charge is 2.21. The fourth-order valence-electron chi connectivity index (χ4n) is 4.73. The number of nitrogens with zero attached hydrogens (tertiary/aromatic N) is 5. The number of halogens is 1. The molecule has 5 aromatic rings. The van der Waals surface area contributed by atoms with Crippen LogP contribution >= 0.6 is 23.8 Å². The van der Waals surface area contributed by atoms with Crippen LogP contribution in [-0.4, -0.2) is 50.4 Å². The molecule has 0 spiro atoms. The fourth-order valence-corrected chi connectivity index (χ4v) is 5.15. The molecule has 3 heterocycles. The zero-order chi connectivity index (χ0) is 23.8. The minimum atomic E-state index is 0.650. The molecule has 1 N–H and O–H groups in total. The average Bonchev–Trinajstić information content (AvgIpc) is 3.47. The summed E-state index contributed by atoms with van der Waals surface area (Å²) in [4.78, 5) is 8.21. The molecule has 6 rings (SSSR count).